The van der Waals surface area contributed by atoms with Crippen LogP contribution in [0.4, 0.5) is 0 Å². The summed E-state index contributed by atoms with van der Waals surface area (Å²) in [6, 6.07) is 4.13. The first-order chi connectivity index (χ1) is 6.92. The molecule has 0 amide bonds. The molecule has 0 N–H and O–H groups in total. The fourth-order valence-electron chi connectivity index (χ4n) is 1.62. The highest BCUT2D eigenvalue weighted by atomic mass is 32.2. The van der Waals surface area contributed by atoms with Gasteiger partial charge in [0, 0.05) is 24.0 Å². The van der Waals surface area contributed by atoms with E-state index in [1.165, 1.54) is 17.7 Å². The smallest absolute Gasteiger partial charge is 0.105 e. The van der Waals surface area contributed by atoms with E-state index in [1.807, 2.05) is 12.3 Å². The Kier molecular flexibility index (Phi) is 3.19. The zero-order valence-electron chi connectivity index (χ0n) is 8.36. The topological polar surface area (TPSA) is 25.2 Å². The Bertz CT molecular complexity index is 347. The Labute approximate surface area is 88.9 Å². The van der Waals surface area contributed by atoms with Crippen molar-refractivity contribution in [2.24, 2.45) is 4.99 Å². The van der Waals surface area contributed by atoms with E-state index in [1.54, 1.807) is 11.8 Å². The number of aromatic nitrogens is 1. The third-order valence-electron chi connectivity index (χ3n) is 2.24. The average Bonchev–Trinajstić information content (AvgIpc) is 2.72. The molecule has 0 aliphatic carbocycles. The van der Waals surface area contributed by atoms with Crippen molar-refractivity contribution in [1.82, 2.24) is 4.98 Å². The fourth-order valence-corrected chi connectivity index (χ4v) is 2.37. The molecule has 0 fully saturated rings. The number of thioether (sulfide) groups is 1. The van der Waals surface area contributed by atoms with Gasteiger partial charge in [0.25, 0.3) is 0 Å². The van der Waals surface area contributed by atoms with Crippen LogP contribution in [0.1, 0.15) is 25.3 Å². The van der Waals surface area contributed by atoms with Gasteiger partial charge in [-0.05, 0) is 30.7 Å². The summed E-state index contributed by atoms with van der Waals surface area (Å²) in [4.78, 5) is 8.91. The number of pyridine rings is 1. The maximum atomic E-state index is 4.51. The first kappa shape index (κ1) is 9.71. The summed E-state index contributed by atoms with van der Waals surface area (Å²) in [6.07, 6.45) is 4.17. The fraction of sp³-hybridized carbons (Fsp3) is 0.455. The summed E-state index contributed by atoms with van der Waals surface area (Å²) in [7, 11) is 0. The van der Waals surface area contributed by atoms with Crippen molar-refractivity contribution in [2.75, 3.05) is 12.3 Å². The molecule has 2 heterocycles. The summed E-state index contributed by atoms with van der Waals surface area (Å²) < 4.78 is 0. The number of rotatable bonds is 3. The monoisotopic (exact) mass is 206 g/mol. The van der Waals surface area contributed by atoms with Crippen LogP contribution in [0.25, 0.3) is 0 Å². The molecule has 0 atom stereocenters. The maximum Gasteiger partial charge on any atom is 0.105 e. The molecule has 2 nitrogen and oxygen atoms in total. The molecule has 1 aliphatic rings. The zero-order valence-corrected chi connectivity index (χ0v) is 9.18. The Morgan fingerprint density at radius 3 is 3.14 bits per heavy atom. The normalized spacial score (nSPS) is 15.6. The molecule has 1 aliphatic heterocycles. The van der Waals surface area contributed by atoms with Crippen molar-refractivity contribution < 1.29 is 0 Å². The third kappa shape index (κ3) is 1.98. The van der Waals surface area contributed by atoms with E-state index in [-0.39, 0.29) is 0 Å². The predicted molar refractivity (Wildman–Crippen MR) is 61.3 cm³/mol. The molecule has 0 unspecified atom stereocenters. The van der Waals surface area contributed by atoms with E-state index in [2.05, 4.69) is 23.0 Å². The highest BCUT2D eigenvalue weighted by molar-refractivity contribution is 7.99. The highest BCUT2D eigenvalue weighted by Gasteiger charge is 2.13. The molecule has 0 aromatic carbocycles. The lowest BCUT2D eigenvalue weighted by Crippen LogP contribution is -2.00. The standard InChI is InChI=1S/C11H14N2S/c1-2-14-11-9(5-3-8-13-11)10-6-4-7-12-10/h3,5,8H,2,4,6-7H2,1H3. The molecule has 1 aromatic rings. The molecule has 0 bridgehead atoms. The van der Waals surface area contributed by atoms with E-state index < -0.39 is 0 Å². The van der Waals surface area contributed by atoms with E-state index in [0.717, 1.165) is 23.7 Å². The van der Waals surface area contributed by atoms with Gasteiger partial charge in [-0.2, -0.15) is 0 Å². The van der Waals surface area contributed by atoms with Gasteiger partial charge >= 0.3 is 0 Å². The van der Waals surface area contributed by atoms with E-state index in [0.29, 0.717) is 0 Å². The van der Waals surface area contributed by atoms with E-state index >= 15 is 0 Å². The molecule has 0 spiro atoms. The van der Waals surface area contributed by atoms with Crippen molar-refractivity contribution in [3.8, 4) is 0 Å². The van der Waals surface area contributed by atoms with Crippen molar-refractivity contribution in [1.29, 1.82) is 0 Å². The number of nitrogens with zero attached hydrogens (tertiary/aromatic N) is 2. The molecular weight excluding hydrogens is 192 g/mol. The maximum absolute atomic E-state index is 4.51. The summed E-state index contributed by atoms with van der Waals surface area (Å²) >= 11 is 1.80. The average molecular weight is 206 g/mol. The minimum atomic E-state index is 0.987. The minimum Gasteiger partial charge on any atom is -0.289 e. The van der Waals surface area contributed by atoms with Gasteiger partial charge in [-0.15, -0.1) is 11.8 Å². The number of aliphatic imine (C=N–C) groups is 1. The van der Waals surface area contributed by atoms with Crippen molar-refractivity contribution >= 4 is 17.5 Å². The Balaban J connectivity index is 2.31. The first-order valence-electron chi connectivity index (χ1n) is 5.03. The van der Waals surface area contributed by atoms with Crippen LogP contribution >= 0.6 is 11.8 Å². The zero-order chi connectivity index (χ0) is 9.80. The summed E-state index contributed by atoms with van der Waals surface area (Å²) in [5, 5.41) is 1.13. The van der Waals surface area contributed by atoms with Crippen LogP contribution in [0.5, 0.6) is 0 Å². The van der Waals surface area contributed by atoms with Gasteiger partial charge in [0.2, 0.25) is 0 Å². The SMILES string of the molecule is CCSc1ncccc1C1=NCCC1. The summed E-state index contributed by atoms with van der Waals surface area (Å²) in [5.41, 5.74) is 2.49. The van der Waals surface area contributed by atoms with E-state index in [4.69, 9.17) is 0 Å². The van der Waals surface area contributed by atoms with Crippen LogP contribution in [0.15, 0.2) is 28.3 Å². The van der Waals surface area contributed by atoms with E-state index in [9.17, 15) is 0 Å². The van der Waals surface area contributed by atoms with Crippen LogP contribution in [0.2, 0.25) is 0 Å². The lowest BCUT2D eigenvalue weighted by atomic mass is 10.1. The largest absolute Gasteiger partial charge is 0.289 e. The third-order valence-corrected chi connectivity index (χ3v) is 3.12. The van der Waals surface area contributed by atoms with Gasteiger partial charge in [0.15, 0.2) is 0 Å². The second-order valence-corrected chi connectivity index (χ2v) is 4.47. The molecule has 1 aromatic heterocycles. The highest BCUT2D eigenvalue weighted by Crippen LogP contribution is 2.23. The van der Waals surface area contributed by atoms with Crippen molar-refractivity contribution in [3.05, 3.63) is 23.9 Å². The van der Waals surface area contributed by atoms with Crippen LogP contribution < -0.4 is 0 Å². The Hall–Kier alpha value is -0.830. The van der Waals surface area contributed by atoms with Crippen molar-refractivity contribution in [3.63, 3.8) is 0 Å². The van der Waals surface area contributed by atoms with Gasteiger partial charge in [-0.3, -0.25) is 4.99 Å². The Morgan fingerprint density at radius 1 is 1.50 bits per heavy atom. The Morgan fingerprint density at radius 2 is 2.43 bits per heavy atom. The molecule has 3 heteroatoms. The molecule has 14 heavy (non-hydrogen) atoms. The van der Waals surface area contributed by atoms with Gasteiger partial charge in [0.1, 0.15) is 5.03 Å². The van der Waals surface area contributed by atoms with Gasteiger partial charge in [-0.25, -0.2) is 4.98 Å². The van der Waals surface area contributed by atoms with Crippen LogP contribution in [0.3, 0.4) is 0 Å². The first-order valence-corrected chi connectivity index (χ1v) is 6.02. The lowest BCUT2D eigenvalue weighted by molar-refractivity contribution is 0.950. The second-order valence-electron chi connectivity index (χ2n) is 3.22. The number of hydrogen-bond acceptors (Lipinski definition) is 3. The van der Waals surface area contributed by atoms with Gasteiger partial charge < -0.3 is 0 Å². The van der Waals surface area contributed by atoms with Gasteiger partial charge in [-0.1, -0.05) is 6.92 Å². The second kappa shape index (κ2) is 4.60. The number of hydrogen-bond donors (Lipinski definition) is 0. The van der Waals surface area contributed by atoms with Crippen molar-refractivity contribution in [2.45, 2.75) is 24.8 Å². The van der Waals surface area contributed by atoms with Crippen LogP contribution in [0, 0.1) is 0 Å². The summed E-state index contributed by atoms with van der Waals surface area (Å²) in [6.45, 7) is 3.14. The molecule has 0 radical (unpaired) electrons. The molecule has 2 rings (SSSR count). The quantitative estimate of drug-likeness (QED) is 0.710. The van der Waals surface area contributed by atoms with Crippen LogP contribution in [-0.4, -0.2) is 23.0 Å². The molecule has 0 saturated heterocycles. The summed E-state index contributed by atoms with van der Waals surface area (Å²) in [5.74, 6) is 1.07. The lowest BCUT2D eigenvalue weighted by Gasteiger charge is -2.05. The minimum absolute atomic E-state index is 0.987. The predicted octanol–water partition coefficient (Wildman–Crippen LogP) is 2.78. The molecular formula is C11H14N2S. The van der Waals surface area contributed by atoms with Crippen LogP contribution in [-0.2, 0) is 0 Å². The molecule has 0 saturated carbocycles. The molecule has 74 valence electrons. The van der Waals surface area contributed by atoms with Gasteiger partial charge in [0.05, 0.1) is 0 Å².